The van der Waals surface area contributed by atoms with Gasteiger partial charge in [-0.15, -0.1) is 0 Å². The van der Waals surface area contributed by atoms with Crippen molar-refractivity contribution in [3.05, 3.63) is 11.6 Å². The summed E-state index contributed by atoms with van der Waals surface area (Å²) in [5.41, 5.74) is -3.18. The lowest BCUT2D eigenvalue weighted by molar-refractivity contribution is -0.435. The first-order chi connectivity index (χ1) is 32.1. The Bertz CT molecular complexity index is 2100. The van der Waals surface area contributed by atoms with Gasteiger partial charge in [-0.05, 0) is 111 Å². The number of hydrogen-bond donors (Lipinski definition) is 10. The normalized spacial score (nSPS) is 50.1. The van der Waals surface area contributed by atoms with Gasteiger partial charge in [-0.3, -0.25) is 9.59 Å². The molecular formula is C47H68O22. The Morgan fingerprint density at radius 1 is 0.739 bits per heavy atom. The van der Waals surface area contributed by atoms with Crippen molar-refractivity contribution in [3.8, 4) is 0 Å². The summed E-state index contributed by atoms with van der Waals surface area (Å²) in [7, 11) is 0. The van der Waals surface area contributed by atoms with Crippen LogP contribution in [0.15, 0.2) is 11.6 Å². The standard InChI is InChI=1S/C47H68O22/c1-41(2)13-15-46(39(61)68-35-29(53)28(52)27(51)22(18-48)64-35)16-14-43(4)20(21(46)17-41)7-8-23-42(3)11-10-25(45(6,37(57)58)24(42)9-12-44(23,43)5)65-36-30(54)31-32(33(66-36)34(55)56)69-47(62,38(59)60)40(67-31)63-19-26(49)50/h7,21-25,27-33,35-36,40,48,51-54,62H,8-19H2,1-6H3,(H,49,50)(H,55,56)(H,57,58)(H,59,60)/t21-,22+,23+,24+,25-,27+,28-,29+,30+,31+,32-,33-,35-,36+,40-,42+,43+,44+,45-,46-,47-/m0/s1. The summed E-state index contributed by atoms with van der Waals surface area (Å²) < 4.78 is 39.4. The van der Waals surface area contributed by atoms with Crippen molar-refractivity contribution in [1.29, 1.82) is 0 Å². The van der Waals surface area contributed by atoms with Gasteiger partial charge in [0.15, 0.2) is 12.4 Å². The maximum atomic E-state index is 14.7. The maximum Gasteiger partial charge on any atom is 0.369 e. The number of aliphatic carboxylic acids is 4. The minimum absolute atomic E-state index is 0.0699. The maximum absolute atomic E-state index is 14.7. The molecule has 3 heterocycles. The Morgan fingerprint density at radius 3 is 2.04 bits per heavy atom. The van der Waals surface area contributed by atoms with E-state index in [4.69, 9.17) is 38.3 Å². The molecule has 4 saturated carbocycles. The van der Waals surface area contributed by atoms with Gasteiger partial charge in [0.25, 0.3) is 0 Å². The number of esters is 1. The van der Waals surface area contributed by atoms with E-state index in [1.807, 2.05) is 0 Å². The van der Waals surface area contributed by atoms with Crippen LogP contribution < -0.4 is 0 Å². The van der Waals surface area contributed by atoms with Gasteiger partial charge in [-0.2, -0.15) is 0 Å². The fourth-order valence-electron chi connectivity index (χ4n) is 14.7. The lowest BCUT2D eigenvalue weighted by Gasteiger charge is -2.71. The first-order valence-electron chi connectivity index (χ1n) is 23.9. The summed E-state index contributed by atoms with van der Waals surface area (Å²) in [6.45, 7) is 10.7. The van der Waals surface area contributed by atoms with Crippen molar-refractivity contribution in [1.82, 2.24) is 0 Å². The lowest BCUT2D eigenvalue weighted by Crippen LogP contribution is -2.72. The van der Waals surface area contributed by atoms with E-state index in [2.05, 4.69) is 40.7 Å². The number of aliphatic hydroxyl groups is 6. The monoisotopic (exact) mass is 984 g/mol. The Labute approximate surface area is 397 Å². The minimum atomic E-state index is -3.42. The Morgan fingerprint density at radius 2 is 1.42 bits per heavy atom. The zero-order chi connectivity index (χ0) is 50.8. The van der Waals surface area contributed by atoms with Gasteiger partial charge in [-0.25, -0.2) is 14.4 Å². The van der Waals surface area contributed by atoms with E-state index in [9.17, 15) is 69.9 Å². The van der Waals surface area contributed by atoms with Crippen LogP contribution in [0.5, 0.6) is 0 Å². The molecule has 0 aromatic rings. The topological polar surface area (TPSA) is 352 Å². The van der Waals surface area contributed by atoms with E-state index < -0.39 is 156 Å². The van der Waals surface area contributed by atoms with E-state index in [0.29, 0.717) is 57.8 Å². The molecule has 0 unspecified atom stereocenters. The third-order valence-corrected chi connectivity index (χ3v) is 18.8. The average molecular weight is 985 g/mol. The molecule has 0 aromatic carbocycles. The summed E-state index contributed by atoms with van der Waals surface area (Å²) in [4.78, 5) is 64.5. The number of ether oxygens (including phenoxy) is 7. The van der Waals surface area contributed by atoms with Crippen molar-refractivity contribution in [2.24, 2.45) is 50.2 Å². The molecule has 0 radical (unpaired) electrons. The number of carbonyl (C=O) groups excluding carboxylic acids is 1. The third kappa shape index (κ3) is 7.85. The predicted octanol–water partition coefficient (Wildman–Crippen LogP) is 0.736. The summed E-state index contributed by atoms with van der Waals surface area (Å²) in [5.74, 6) is -11.5. The van der Waals surface area contributed by atoms with Gasteiger partial charge in [0.1, 0.15) is 49.3 Å². The van der Waals surface area contributed by atoms with Crippen LogP contribution in [0, 0.1) is 50.2 Å². The number of allylic oxidation sites excluding steroid dienone is 2. The number of fused-ring (bicyclic) bond motifs is 8. The predicted molar refractivity (Wildman–Crippen MR) is 228 cm³/mol. The molecular weight excluding hydrogens is 916 g/mol. The zero-order valence-corrected chi connectivity index (χ0v) is 39.6. The van der Waals surface area contributed by atoms with Gasteiger partial charge in [0.05, 0.1) is 23.5 Å². The average Bonchev–Trinajstić information content (AvgIpc) is 3.27. The van der Waals surface area contributed by atoms with Crippen molar-refractivity contribution < 1.29 is 108 Å². The first kappa shape index (κ1) is 51.9. The number of aliphatic hydroxyl groups excluding tert-OH is 5. The minimum Gasteiger partial charge on any atom is -0.481 e. The molecule has 0 bridgehead atoms. The summed E-state index contributed by atoms with van der Waals surface area (Å²) in [6.07, 6.45) is -14.1. The lowest BCUT2D eigenvalue weighted by atomic mass is 9.33. The molecule has 22 nitrogen and oxygen atoms in total. The van der Waals surface area contributed by atoms with Crippen molar-refractivity contribution in [3.63, 3.8) is 0 Å². The highest BCUT2D eigenvalue weighted by molar-refractivity contribution is 5.79. The van der Waals surface area contributed by atoms with Gasteiger partial charge >= 0.3 is 35.6 Å². The van der Waals surface area contributed by atoms with E-state index in [1.54, 1.807) is 6.92 Å². The number of hydrogen-bond acceptors (Lipinski definition) is 18. The highest BCUT2D eigenvalue weighted by atomic mass is 16.8. The quantitative estimate of drug-likeness (QED) is 0.0775. The molecule has 10 N–H and O–H groups in total. The number of carboxylic acids is 4. The number of carboxylic acid groups (broad SMARTS) is 4. The second-order valence-electron chi connectivity index (χ2n) is 22.7. The van der Waals surface area contributed by atoms with Gasteiger partial charge in [-0.1, -0.05) is 46.3 Å². The highest BCUT2D eigenvalue weighted by Gasteiger charge is 2.72. The van der Waals surface area contributed by atoms with E-state index in [1.165, 1.54) is 0 Å². The molecule has 0 amide bonds. The third-order valence-electron chi connectivity index (χ3n) is 18.8. The van der Waals surface area contributed by atoms with Gasteiger partial charge in [0, 0.05) is 0 Å². The molecule has 22 heteroatoms. The summed E-state index contributed by atoms with van der Waals surface area (Å²) in [6, 6.07) is 0. The van der Waals surface area contributed by atoms with Gasteiger partial charge in [0.2, 0.25) is 12.6 Å². The van der Waals surface area contributed by atoms with Crippen LogP contribution in [0.2, 0.25) is 0 Å². The molecule has 7 fully saturated rings. The second kappa shape index (κ2) is 17.7. The largest absolute Gasteiger partial charge is 0.481 e. The Balaban J connectivity index is 1.07. The second-order valence-corrected chi connectivity index (χ2v) is 22.7. The number of rotatable bonds is 11. The fraction of sp³-hybridized carbons (Fsp3) is 0.851. The SMILES string of the molecule is CC1(C)CC[C@]2(C(=O)O[C@@H]3O[C@H](CO)[C@@H](O)[C@H](O)[C@H]3O)CC[C@]3(C)C(=CC[C@@H]4[C@@]5(C)CC[C@H](O[C@@H]6O[C@H](C(=O)O)[C@H]7O[C@@](O)(C(=O)O)[C@@H](OCC(=O)O)O[C@@H]7[C@H]6O)[C@@](C)(C(=O)O)[C@@H]5CC[C@]43C)[C@@H]2C1. The van der Waals surface area contributed by atoms with Crippen LogP contribution in [-0.2, 0) is 57.1 Å². The molecule has 5 aliphatic carbocycles. The van der Waals surface area contributed by atoms with E-state index in [0.717, 1.165) is 5.57 Å². The number of carbonyl (C=O) groups is 5. The Kier molecular flexibility index (Phi) is 13.3. The van der Waals surface area contributed by atoms with Crippen LogP contribution in [0.3, 0.4) is 0 Å². The smallest absolute Gasteiger partial charge is 0.369 e. The summed E-state index contributed by atoms with van der Waals surface area (Å²) >= 11 is 0. The van der Waals surface area contributed by atoms with Crippen LogP contribution >= 0.6 is 0 Å². The van der Waals surface area contributed by atoms with Gasteiger partial charge < -0.3 is 84.2 Å². The first-order valence-corrected chi connectivity index (χ1v) is 23.9. The molecule has 0 spiro atoms. The van der Waals surface area contributed by atoms with E-state index in [-0.39, 0.29) is 23.7 Å². The van der Waals surface area contributed by atoms with E-state index >= 15 is 0 Å². The molecule has 0 aromatic heterocycles. The van der Waals surface area contributed by atoms with Crippen LogP contribution in [0.1, 0.15) is 106 Å². The highest BCUT2D eigenvalue weighted by Crippen LogP contribution is 2.76. The van der Waals surface area contributed by atoms with Crippen LogP contribution in [0.25, 0.3) is 0 Å². The molecule has 3 saturated heterocycles. The molecule has 8 rings (SSSR count). The molecule has 388 valence electrons. The summed E-state index contributed by atoms with van der Waals surface area (Å²) in [5, 5.41) is 104. The van der Waals surface area contributed by atoms with Crippen molar-refractivity contribution in [2.75, 3.05) is 13.2 Å². The molecule has 8 aliphatic rings. The van der Waals surface area contributed by atoms with Crippen molar-refractivity contribution >= 4 is 29.8 Å². The zero-order valence-electron chi connectivity index (χ0n) is 39.6. The van der Waals surface area contributed by atoms with Crippen LogP contribution in [0.4, 0.5) is 0 Å². The molecule has 21 atom stereocenters. The fourth-order valence-corrected chi connectivity index (χ4v) is 14.7. The molecule has 69 heavy (non-hydrogen) atoms. The Hall–Kier alpha value is -3.39. The molecule has 3 aliphatic heterocycles. The van der Waals surface area contributed by atoms with Crippen LogP contribution in [-0.4, -0.2) is 174 Å². The van der Waals surface area contributed by atoms with Crippen molar-refractivity contribution in [2.45, 2.75) is 185 Å².